The van der Waals surface area contributed by atoms with Crippen molar-refractivity contribution >= 4 is 15.1 Å². The second-order valence-electron chi connectivity index (χ2n) is 16.4. The molecule has 5 rings (SSSR count). The monoisotopic (exact) mass is 855 g/mol. The van der Waals surface area contributed by atoms with Crippen LogP contribution in [0.25, 0.3) is 0 Å². The summed E-state index contributed by atoms with van der Waals surface area (Å²) in [5.41, 5.74) is 1.02. The minimum absolute atomic E-state index is 0.0659. The number of carbonyl (C=O) groups is 1. The lowest BCUT2D eigenvalue weighted by atomic mass is 9.80. The van der Waals surface area contributed by atoms with Gasteiger partial charge in [-0.1, -0.05) is 91.0 Å². The van der Waals surface area contributed by atoms with Crippen molar-refractivity contribution in [1.82, 2.24) is 9.99 Å². The second kappa shape index (κ2) is 24.7. The Balaban J connectivity index is 1.37. The SMILES string of the molecule is COC(CC(CC(OCCCOC(=O)NCC1C2CCC#CCCC21)OC(c1ccccc1)(c1ccccc1)c1ccccc1)OPN(C(C)C)C(C)(C)OCCC#N)OC. The molecule has 0 aromatic heterocycles. The number of hydrogen-bond acceptors (Lipinski definition) is 10. The molecule has 5 atom stereocenters. The first-order valence-electron chi connectivity index (χ1n) is 21.7. The van der Waals surface area contributed by atoms with Crippen molar-refractivity contribution in [3.05, 3.63) is 108 Å². The van der Waals surface area contributed by atoms with Crippen LogP contribution >= 0.6 is 8.96 Å². The summed E-state index contributed by atoms with van der Waals surface area (Å²) in [5, 5.41) is 12.2. The predicted octanol–water partition coefficient (Wildman–Crippen LogP) is 9.56. The van der Waals surface area contributed by atoms with E-state index < -0.39 is 36.1 Å². The molecule has 3 aromatic rings. The molecule has 1 saturated carbocycles. The summed E-state index contributed by atoms with van der Waals surface area (Å²) in [6.07, 6.45) is 3.29. The van der Waals surface area contributed by atoms with Gasteiger partial charge in [0.1, 0.15) is 11.3 Å². The van der Waals surface area contributed by atoms with Gasteiger partial charge in [0, 0.05) is 58.9 Å². The molecule has 330 valence electrons. The van der Waals surface area contributed by atoms with Gasteiger partial charge in [-0.3, -0.25) is 0 Å². The van der Waals surface area contributed by atoms with Gasteiger partial charge in [-0.25, -0.2) is 9.46 Å². The number of hydrogen-bond donors (Lipinski definition) is 1. The van der Waals surface area contributed by atoms with Crippen molar-refractivity contribution in [1.29, 1.82) is 5.26 Å². The van der Waals surface area contributed by atoms with Gasteiger partial charge in [0.15, 0.2) is 12.6 Å². The van der Waals surface area contributed by atoms with Crippen molar-refractivity contribution in [2.24, 2.45) is 17.8 Å². The Bertz CT molecular complexity index is 1720. The zero-order chi connectivity index (χ0) is 43.5. The van der Waals surface area contributed by atoms with Crippen LogP contribution in [0.3, 0.4) is 0 Å². The highest BCUT2D eigenvalue weighted by molar-refractivity contribution is 7.29. The molecule has 11 nitrogen and oxygen atoms in total. The summed E-state index contributed by atoms with van der Waals surface area (Å²) in [5.74, 6) is 8.29. The molecule has 1 fully saturated rings. The first kappa shape index (κ1) is 48.2. The molecule has 1 N–H and O–H groups in total. The van der Waals surface area contributed by atoms with Gasteiger partial charge in [0.05, 0.1) is 47.4 Å². The number of ether oxygens (including phenoxy) is 6. The van der Waals surface area contributed by atoms with E-state index in [1.165, 1.54) is 0 Å². The average Bonchev–Trinajstić information content (AvgIpc) is 3.92. The number of benzene rings is 3. The number of amides is 1. The summed E-state index contributed by atoms with van der Waals surface area (Å²) in [6, 6.07) is 32.8. The first-order chi connectivity index (χ1) is 29.6. The maximum atomic E-state index is 12.8. The zero-order valence-corrected chi connectivity index (χ0v) is 37.8. The third kappa shape index (κ3) is 14.1. The molecule has 0 saturated heterocycles. The normalized spacial score (nSPS) is 18.8. The second-order valence-corrected chi connectivity index (χ2v) is 17.3. The summed E-state index contributed by atoms with van der Waals surface area (Å²) in [7, 11) is 3.11. The smallest absolute Gasteiger partial charge is 0.407 e. The van der Waals surface area contributed by atoms with Gasteiger partial charge in [-0.2, -0.15) is 5.26 Å². The first-order valence-corrected chi connectivity index (χ1v) is 22.6. The maximum Gasteiger partial charge on any atom is 0.407 e. The highest BCUT2D eigenvalue weighted by Crippen LogP contribution is 2.52. The van der Waals surface area contributed by atoms with Crippen molar-refractivity contribution in [3.63, 3.8) is 0 Å². The van der Waals surface area contributed by atoms with E-state index in [9.17, 15) is 4.79 Å². The third-order valence-corrected chi connectivity index (χ3v) is 13.2. The maximum absolute atomic E-state index is 12.8. The van der Waals surface area contributed by atoms with Crippen LogP contribution in [-0.2, 0) is 38.5 Å². The van der Waals surface area contributed by atoms with Crippen LogP contribution in [0.5, 0.6) is 0 Å². The van der Waals surface area contributed by atoms with Gasteiger partial charge in [0.25, 0.3) is 0 Å². The van der Waals surface area contributed by atoms with Gasteiger partial charge in [-0.05, 0) is 75.0 Å². The van der Waals surface area contributed by atoms with E-state index in [0.717, 1.165) is 42.4 Å². The third-order valence-electron chi connectivity index (χ3n) is 11.5. The van der Waals surface area contributed by atoms with Crippen molar-refractivity contribution < 1.29 is 37.7 Å². The Morgan fingerprint density at radius 2 is 1.38 bits per heavy atom. The highest BCUT2D eigenvalue weighted by atomic mass is 31.1. The Labute approximate surface area is 366 Å². The molecular weight excluding hydrogens is 790 g/mol. The van der Waals surface area contributed by atoms with Crippen molar-refractivity contribution in [2.75, 3.05) is 40.6 Å². The minimum Gasteiger partial charge on any atom is -0.449 e. The molecule has 0 radical (unpaired) electrons. The van der Waals surface area contributed by atoms with Crippen LogP contribution in [-0.4, -0.2) is 81.8 Å². The van der Waals surface area contributed by atoms with E-state index in [-0.39, 0.29) is 28.2 Å². The lowest BCUT2D eigenvalue weighted by Crippen LogP contribution is -2.45. The average molecular weight is 856 g/mol. The number of nitrogens with one attached hydrogen (secondary N) is 1. The fraction of sp³-hybridized carbons (Fsp3) is 0.551. The summed E-state index contributed by atoms with van der Waals surface area (Å²) in [4.78, 5) is 12.8. The summed E-state index contributed by atoms with van der Waals surface area (Å²) >= 11 is 0. The van der Waals surface area contributed by atoms with Crippen molar-refractivity contribution in [2.45, 2.75) is 115 Å². The number of rotatable bonds is 26. The highest BCUT2D eigenvalue weighted by Gasteiger charge is 2.48. The topological polar surface area (TPSA) is 121 Å². The number of carbonyl (C=O) groups excluding carboxylic acids is 1. The van der Waals surface area contributed by atoms with Gasteiger partial charge < -0.3 is 38.3 Å². The Hall–Kier alpha value is -3.87. The van der Waals surface area contributed by atoms with Gasteiger partial charge in [0.2, 0.25) is 0 Å². The molecule has 1 amide bonds. The number of alkyl carbamates (subject to hydrolysis) is 1. The quantitative estimate of drug-likeness (QED) is 0.0275. The van der Waals surface area contributed by atoms with Crippen LogP contribution in [0.1, 0.15) is 95.8 Å². The lowest BCUT2D eigenvalue weighted by Gasteiger charge is -2.42. The number of nitrogens with zero attached hydrogens (tertiary/aromatic N) is 2. The number of fused-ring (bicyclic) bond motifs is 1. The molecule has 2 aliphatic rings. The largest absolute Gasteiger partial charge is 0.449 e. The molecule has 3 aromatic carbocycles. The number of nitriles is 1. The van der Waals surface area contributed by atoms with E-state index >= 15 is 0 Å². The van der Waals surface area contributed by atoms with Gasteiger partial charge in [-0.15, -0.1) is 11.8 Å². The fourth-order valence-corrected chi connectivity index (χ4v) is 9.34. The Morgan fingerprint density at radius 1 is 0.836 bits per heavy atom. The molecule has 61 heavy (non-hydrogen) atoms. The van der Waals surface area contributed by atoms with Crippen LogP contribution in [0.2, 0.25) is 0 Å². The minimum atomic E-state index is -1.08. The molecule has 0 bridgehead atoms. The molecular formula is C49H66N3O8P. The standard InChI is InChI=1S/C49H66N3O8P/c1-37(2)52(48(3,4)58-33-20-30-50)61-60-41(34-45(54-5)55-6)35-46(56-31-21-32-57-47(53)51-36-44-42-28-18-7-8-19-29-43(42)44)59-49(38-22-12-9-13-23-38,39-24-14-10-15-25-39)40-26-16-11-17-27-40/h9-17,22-27,37,41-46,61H,18-21,28-29,31-36H2,1-6H3,(H,51,53). The predicted molar refractivity (Wildman–Crippen MR) is 238 cm³/mol. The van der Waals surface area contributed by atoms with E-state index in [1.54, 1.807) is 14.2 Å². The molecule has 0 spiro atoms. The lowest BCUT2D eigenvalue weighted by molar-refractivity contribution is -0.206. The van der Waals surface area contributed by atoms with Crippen LogP contribution < -0.4 is 5.32 Å². The van der Waals surface area contributed by atoms with Gasteiger partial charge >= 0.3 is 6.09 Å². The van der Waals surface area contributed by atoms with Crippen LogP contribution in [0.4, 0.5) is 4.79 Å². The van der Waals surface area contributed by atoms with E-state index in [2.05, 4.69) is 78.1 Å². The van der Waals surface area contributed by atoms with Crippen molar-refractivity contribution in [3.8, 4) is 17.9 Å². The molecule has 0 aliphatic heterocycles. The molecule has 0 heterocycles. The molecule has 5 unspecified atom stereocenters. The number of methoxy groups -OCH3 is 2. The zero-order valence-electron chi connectivity index (χ0n) is 36.8. The molecule has 2 aliphatic carbocycles. The summed E-state index contributed by atoms with van der Waals surface area (Å²) in [6.45, 7) is 9.54. The van der Waals surface area contributed by atoms with E-state index in [1.807, 2.05) is 68.4 Å². The fourth-order valence-electron chi connectivity index (χ4n) is 8.39. The van der Waals surface area contributed by atoms with Crippen LogP contribution in [0, 0.1) is 40.9 Å². The molecule has 12 heteroatoms. The van der Waals surface area contributed by atoms with E-state index in [0.29, 0.717) is 56.6 Å². The van der Waals surface area contributed by atoms with Crippen LogP contribution in [0.15, 0.2) is 91.0 Å². The van der Waals surface area contributed by atoms with E-state index in [4.69, 9.17) is 38.2 Å². The Kier molecular flexibility index (Phi) is 19.5. The Morgan fingerprint density at radius 3 is 1.89 bits per heavy atom. The summed E-state index contributed by atoms with van der Waals surface area (Å²) < 4.78 is 46.4.